The average molecular weight is 234 g/mol. The van der Waals surface area contributed by atoms with Gasteiger partial charge in [-0.05, 0) is 11.6 Å². The van der Waals surface area contributed by atoms with E-state index in [1.807, 2.05) is 30.4 Å². The van der Waals surface area contributed by atoms with Gasteiger partial charge in [-0.2, -0.15) is 0 Å². The molecule has 0 radical (unpaired) electrons. The van der Waals surface area contributed by atoms with E-state index in [4.69, 9.17) is 11.1 Å². The van der Waals surface area contributed by atoms with Gasteiger partial charge in [0.05, 0.1) is 0 Å². The molecule has 0 aromatic heterocycles. The van der Waals surface area contributed by atoms with E-state index in [1.165, 1.54) is 11.8 Å². The molecule has 0 aliphatic rings. The molecule has 0 aliphatic heterocycles. The van der Waals surface area contributed by atoms with Crippen molar-refractivity contribution in [3.63, 3.8) is 0 Å². The lowest BCUT2D eigenvalue weighted by atomic mass is 10.1. The van der Waals surface area contributed by atoms with Gasteiger partial charge in [-0.1, -0.05) is 42.1 Å². The largest absolute Gasteiger partial charge is 0.384 e. The zero-order valence-electron chi connectivity index (χ0n) is 9.07. The van der Waals surface area contributed by atoms with Crippen LogP contribution in [0.15, 0.2) is 30.3 Å². The zero-order valence-corrected chi connectivity index (χ0v) is 9.88. The Morgan fingerprint density at radius 3 is 2.94 bits per heavy atom. The van der Waals surface area contributed by atoms with Gasteiger partial charge in [0.25, 0.3) is 0 Å². The molecular formula is C12H14N2OS. The van der Waals surface area contributed by atoms with Crippen LogP contribution in [0.3, 0.4) is 0 Å². The second-order valence-electron chi connectivity index (χ2n) is 3.24. The molecule has 1 aromatic carbocycles. The van der Waals surface area contributed by atoms with Gasteiger partial charge in [0.1, 0.15) is 5.84 Å². The summed E-state index contributed by atoms with van der Waals surface area (Å²) in [6.07, 6.45) is 3.84. The number of hydrogen-bond acceptors (Lipinski definition) is 3. The van der Waals surface area contributed by atoms with Gasteiger partial charge in [0.15, 0.2) is 5.12 Å². The Balaban J connectivity index is 2.63. The van der Waals surface area contributed by atoms with Crippen LogP contribution < -0.4 is 5.73 Å². The summed E-state index contributed by atoms with van der Waals surface area (Å²) < 4.78 is 0. The van der Waals surface area contributed by atoms with Crippen molar-refractivity contribution in [2.45, 2.75) is 6.92 Å². The number of carbonyl (C=O) groups excluding carboxylic acids is 1. The number of amidine groups is 1. The summed E-state index contributed by atoms with van der Waals surface area (Å²) in [6.45, 7) is 1.55. The highest BCUT2D eigenvalue weighted by Gasteiger charge is 1.95. The first-order valence-corrected chi connectivity index (χ1v) is 5.82. The predicted molar refractivity (Wildman–Crippen MR) is 69.6 cm³/mol. The Morgan fingerprint density at radius 1 is 1.56 bits per heavy atom. The molecule has 84 valence electrons. The van der Waals surface area contributed by atoms with Crippen LogP contribution in [0.1, 0.15) is 18.1 Å². The lowest BCUT2D eigenvalue weighted by Crippen LogP contribution is -2.10. The molecule has 1 aromatic rings. The van der Waals surface area contributed by atoms with E-state index < -0.39 is 0 Å². The second kappa shape index (κ2) is 6.12. The van der Waals surface area contributed by atoms with Crippen LogP contribution in [0, 0.1) is 5.41 Å². The van der Waals surface area contributed by atoms with Crippen molar-refractivity contribution in [2.75, 3.05) is 5.75 Å². The Bertz CT molecular complexity index is 427. The lowest BCUT2D eigenvalue weighted by molar-refractivity contribution is -0.109. The van der Waals surface area contributed by atoms with Crippen LogP contribution in [0.4, 0.5) is 0 Å². The molecule has 0 unspecified atom stereocenters. The number of thioether (sulfide) groups is 1. The number of nitrogens with one attached hydrogen (secondary N) is 1. The van der Waals surface area contributed by atoms with Crippen molar-refractivity contribution in [1.29, 1.82) is 5.41 Å². The summed E-state index contributed by atoms with van der Waals surface area (Å²) in [5, 5.41) is 7.42. The van der Waals surface area contributed by atoms with Gasteiger partial charge in [0, 0.05) is 18.2 Å². The van der Waals surface area contributed by atoms with Crippen molar-refractivity contribution < 1.29 is 4.79 Å². The Morgan fingerprint density at radius 2 is 2.31 bits per heavy atom. The van der Waals surface area contributed by atoms with Gasteiger partial charge in [-0.3, -0.25) is 10.2 Å². The van der Waals surface area contributed by atoms with Crippen molar-refractivity contribution in [3.8, 4) is 0 Å². The predicted octanol–water partition coefficient (Wildman–Crippen LogP) is 2.26. The molecule has 0 heterocycles. The van der Waals surface area contributed by atoms with E-state index in [-0.39, 0.29) is 11.0 Å². The summed E-state index contributed by atoms with van der Waals surface area (Å²) in [5.74, 6) is 0.730. The van der Waals surface area contributed by atoms with E-state index in [2.05, 4.69) is 0 Å². The molecule has 3 nitrogen and oxygen atoms in total. The fraction of sp³-hybridized carbons (Fsp3) is 0.167. The summed E-state index contributed by atoms with van der Waals surface area (Å²) in [5.41, 5.74) is 7.08. The third-order valence-corrected chi connectivity index (χ3v) is 2.66. The van der Waals surface area contributed by atoms with Crippen molar-refractivity contribution >= 4 is 28.8 Å². The fourth-order valence-corrected chi connectivity index (χ4v) is 1.59. The zero-order chi connectivity index (χ0) is 12.0. The number of hydrogen-bond donors (Lipinski definition) is 2. The number of nitrogens with two attached hydrogens (primary N) is 1. The third-order valence-electron chi connectivity index (χ3n) is 1.89. The monoisotopic (exact) mass is 234 g/mol. The molecule has 0 spiro atoms. The van der Waals surface area contributed by atoms with Gasteiger partial charge < -0.3 is 5.73 Å². The standard InChI is InChI=1S/C12H14N2OS/c1-9(15)16-7-3-5-10-4-2-6-11(8-10)12(13)14/h2-6,8H,7H2,1H3,(H3,13,14). The summed E-state index contributed by atoms with van der Waals surface area (Å²) in [4.78, 5) is 10.7. The van der Waals surface area contributed by atoms with Gasteiger partial charge >= 0.3 is 0 Å². The highest BCUT2D eigenvalue weighted by Crippen LogP contribution is 2.08. The Labute approximate surface area is 99.2 Å². The fourth-order valence-electron chi connectivity index (χ4n) is 1.16. The molecule has 0 saturated carbocycles. The number of rotatable bonds is 4. The van der Waals surface area contributed by atoms with Crippen LogP contribution in [0.5, 0.6) is 0 Å². The topological polar surface area (TPSA) is 66.9 Å². The summed E-state index contributed by atoms with van der Waals surface area (Å²) >= 11 is 1.27. The first kappa shape index (κ1) is 12.5. The van der Waals surface area contributed by atoms with E-state index in [1.54, 1.807) is 13.0 Å². The number of benzene rings is 1. The molecule has 0 saturated heterocycles. The smallest absolute Gasteiger partial charge is 0.186 e. The van der Waals surface area contributed by atoms with Crippen LogP contribution in [0.25, 0.3) is 6.08 Å². The van der Waals surface area contributed by atoms with Gasteiger partial charge in [0.2, 0.25) is 0 Å². The second-order valence-corrected chi connectivity index (χ2v) is 4.44. The SMILES string of the molecule is CC(=O)SCC=Cc1cccc(C(=N)N)c1. The minimum atomic E-state index is 0.0633. The van der Waals surface area contributed by atoms with E-state index in [0.29, 0.717) is 11.3 Å². The molecule has 4 heteroatoms. The maximum atomic E-state index is 10.7. The lowest BCUT2D eigenvalue weighted by Gasteiger charge is -1.99. The van der Waals surface area contributed by atoms with Crippen LogP contribution >= 0.6 is 11.8 Å². The maximum absolute atomic E-state index is 10.7. The average Bonchev–Trinajstić information content (AvgIpc) is 2.24. The quantitative estimate of drug-likeness (QED) is 0.620. The molecule has 3 N–H and O–H groups in total. The minimum absolute atomic E-state index is 0.0633. The Hall–Kier alpha value is -1.55. The van der Waals surface area contributed by atoms with E-state index in [9.17, 15) is 4.79 Å². The summed E-state index contributed by atoms with van der Waals surface area (Å²) in [7, 11) is 0. The third kappa shape index (κ3) is 4.31. The molecular weight excluding hydrogens is 220 g/mol. The highest BCUT2D eigenvalue weighted by molar-refractivity contribution is 8.13. The molecule has 1 rings (SSSR count). The molecule has 0 fully saturated rings. The van der Waals surface area contributed by atoms with Crippen molar-refractivity contribution in [2.24, 2.45) is 5.73 Å². The van der Waals surface area contributed by atoms with Crippen molar-refractivity contribution in [3.05, 3.63) is 41.5 Å². The van der Waals surface area contributed by atoms with E-state index >= 15 is 0 Å². The van der Waals surface area contributed by atoms with Gasteiger partial charge in [-0.25, -0.2) is 0 Å². The normalized spacial score (nSPS) is 10.6. The number of carbonyl (C=O) groups is 1. The minimum Gasteiger partial charge on any atom is -0.384 e. The van der Waals surface area contributed by atoms with E-state index in [0.717, 1.165) is 5.56 Å². The summed E-state index contributed by atoms with van der Waals surface area (Å²) in [6, 6.07) is 7.43. The Kier molecular flexibility index (Phi) is 4.79. The molecule has 0 amide bonds. The van der Waals surface area contributed by atoms with Crippen molar-refractivity contribution in [1.82, 2.24) is 0 Å². The van der Waals surface area contributed by atoms with Crippen LogP contribution in [0.2, 0.25) is 0 Å². The molecule has 16 heavy (non-hydrogen) atoms. The first-order valence-electron chi connectivity index (χ1n) is 4.84. The molecule has 0 atom stereocenters. The molecule has 0 aliphatic carbocycles. The van der Waals surface area contributed by atoms with Gasteiger partial charge in [-0.15, -0.1) is 0 Å². The van der Waals surface area contributed by atoms with Crippen LogP contribution in [-0.4, -0.2) is 16.7 Å². The maximum Gasteiger partial charge on any atom is 0.186 e. The number of nitrogen functional groups attached to an aromatic ring is 1. The van der Waals surface area contributed by atoms with Crippen LogP contribution in [-0.2, 0) is 4.79 Å². The highest BCUT2D eigenvalue weighted by atomic mass is 32.2. The first-order chi connectivity index (χ1) is 7.59. The molecule has 0 bridgehead atoms.